The fraction of sp³-hybridized carbons (Fsp3) is 0.571. The number of benzene rings is 2. The Labute approximate surface area is 211 Å². The van der Waals surface area contributed by atoms with E-state index in [1.807, 2.05) is 32.0 Å². The predicted octanol–water partition coefficient (Wildman–Crippen LogP) is 7.80. The molecule has 0 saturated heterocycles. The van der Waals surface area contributed by atoms with Crippen molar-refractivity contribution in [1.29, 1.82) is 0 Å². The van der Waals surface area contributed by atoms with Gasteiger partial charge in [0.05, 0.1) is 6.61 Å². The maximum atomic E-state index is 14.5. The van der Waals surface area contributed by atoms with E-state index in [4.69, 9.17) is 14.2 Å². The molecule has 34 heavy (non-hydrogen) atoms. The summed E-state index contributed by atoms with van der Waals surface area (Å²) in [5.41, 5.74) is 1.91. The molecule has 6 heteroatoms. The van der Waals surface area contributed by atoms with Crippen LogP contribution in [0.5, 0.6) is 5.75 Å². The molecule has 0 amide bonds. The molecule has 186 valence electrons. The van der Waals surface area contributed by atoms with Crippen LogP contribution in [0.4, 0.5) is 10.1 Å². The van der Waals surface area contributed by atoms with Crippen molar-refractivity contribution in [3.8, 4) is 5.75 Å². The third-order valence-electron chi connectivity index (χ3n) is 7.01. The molecule has 1 aliphatic carbocycles. The number of rotatable bonds is 9. The Balaban J connectivity index is 1.56. The minimum Gasteiger partial charge on any atom is -0.485 e. The third-order valence-corrected chi connectivity index (χ3v) is 7.51. The fourth-order valence-corrected chi connectivity index (χ4v) is 5.50. The van der Waals surface area contributed by atoms with Crippen molar-refractivity contribution in [1.82, 2.24) is 0 Å². The molecule has 2 aromatic rings. The van der Waals surface area contributed by atoms with E-state index in [-0.39, 0.29) is 24.6 Å². The van der Waals surface area contributed by atoms with E-state index in [1.54, 1.807) is 6.07 Å². The van der Waals surface area contributed by atoms with Gasteiger partial charge in [-0.25, -0.2) is 4.39 Å². The van der Waals surface area contributed by atoms with Gasteiger partial charge in [0.25, 0.3) is 0 Å². The molecule has 1 N–H and O–H groups in total. The summed E-state index contributed by atoms with van der Waals surface area (Å²) < 4.78 is 34.6. The lowest BCUT2D eigenvalue weighted by molar-refractivity contribution is -0.168. The summed E-state index contributed by atoms with van der Waals surface area (Å²) >= 11 is 3.32. The molecule has 1 aliphatic heterocycles. The molecule has 4 rings (SSSR count). The predicted molar refractivity (Wildman–Crippen MR) is 138 cm³/mol. The Morgan fingerprint density at radius 1 is 1.09 bits per heavy atom. The van der Waals surface area contributed by atoms with Crippen molar-refractivity contribution in [2.24, 2.45) is 5.92 Å². The lowest BCUT2D eigenvalue weighted by Gasteiger charge is -2.44. The molecule has 0 spiro atoms. The number of halogens is 2. The number of hydrogen-bond acceptors (Lipinski definition) is 4. The van der Waals surface area contributed by atoms with E-state index in [0.29, 0.717) is 16.6 Å². The van der Waals surface area contributed by atoms with Crippen LogP contribution in [0.1, 0.15) is 76.5 Å². The second-order valence-corrected chi connectivity index (χ2v) is 11.0. The van der Waals surface area contributed by atoms with E-state index >= 15 is 0 Å². The molecule has 4 nitrogen and oxygen atoms in total. The lowest BCUT2D eigenvalue weighted by atomic mass is 9.86. The van der Waals surface area contributed by atoms with Crippen LogP contribution in [-0.2, 0) is 16.1 Å². The van der Waals surface area contributed by atoms with Gasteiger partial charge in [-0.3, -0.25) is 0 Å². The molecule has 1 fully saturated rings. The van der Waals surface area contributed by atoms with Crippen molar-refractivity contribution in [3.63, 3.8) is 0 Å². The van der Waals surface area contributed by atoms with Crippen molar-refractivity contribution < 1.29 is 18.6 Å². The smallest absolute Gasteiger partial charge is 0.132 e. The second-order valence-electron chi connectivity index (χ2n) is 10.0. The highest BCUT2D eigenvalue weighted by molar-refractivity contribution is 9.10. The van der Waals surface area contributed by atoms with Crippen LogP contribution in [0, 0.1) is 11.7 Å². The highest BCUT2D eigenvalue weighted by Gasteiger charge is 2.46. The first-order chi connectivity index (χ1) is 16.4. The summed E-state index contributed by atoms with van der Waals surface area (Å²) in [7, 11) is 0. The maximum absolute atomic E-state index is 14.5. The third kappa shape index (κ3) is 6.13. The summed E-state index contributed by atoms with van der Waals surface area (Å²) in [6.45, 7) is 7.80. The van der Waals surface area contributed by atoms with Crippen LogP contribution in [-0.4, -0.2) is 24.9 Å². The molecule has 1 saturated carbocycles. The molecule has 2 aliphatic rings. The fourth-order valence-electron chi connectivity index (χ4n) is 5.17. The van der Waals surface area contributed by atoms with Gasteiger partial charge in [-0.2, -0.15) is 0 Å². The van der Waals surface area contributed by atoms with Gasteiger partial charge in [0, 0.05) is 34.4 Å². The molecule has 0 radical (unpaired) electrons. The second kappa shape index (κ2) is 11.4. The van der Waals surface area contributed by atoms with Crippen LogP contribution in [0.3, 0.4) is 0 Å². The van der Waals surface area contributed by atoms with Gasteiger partial charge in [-0.05, 0) is 63.4 Å². The molecule has 0 aromatic heterocycles. The summed E-state index contributed by atoms with van der Waals surface area (Å²) in [4.78, 5) is 0. The highest BCUT2D eigenvalue weighted by atomic mass is 79.9. The zero-order valence-corrected chi connectivity index (χ0v) is 22.1. The van der Waals surface area contributed by atoms with Crippen LogP contribution in [0.25, 0.3) is 0 Å². The molecule has 1 heterocycles. The quantitative estimate of drug-likeness (QED) is 0.356. The first-order valence-electron chi connectivity index (χ1n) is 12.6. The van der Waals surface area contributed by atoms with E-state index in [9.17, 15) is 4.39 Å². The first kappa shape index (κ1) is 25.5. The Morgan fingerprint density at radius 3 is 2.62 bits per heavy atom. The number of nitrogens with one attached hydrogen (secondary N) is 1. The summed E-state index contributed by atoms with van der Waals surface area (Å²) in [6.07, 6.45) is 7.00. The van der Waals surface area contributed by atoms with Crippen molar-refractivity contribution in [3.05, 3.63) is 57.8 Å². The minimum absolute atomic E-state index is 0.154. The van der Waals surface area contributed by atoms with E-state index in [1.165, 1.54) is 38.2 Å². The lowest BCUT2D eigenvalue weighted by Crippen LogP contribution is -2.51. The van der Waals surface area contributed by atoms with Gasteiger partial charge in [0.15, 0.2) is 0 Å². The van der Waals surface area contributed by atoms with Crippen molar-refractivity contribution in [2.45, 2.75) is 83.7 Å². The van der Waals surface area contributed by atoms with E-state index in [0.717, 1.165) is 35.9 Å². The Morgan fingerprint density at radius 2 is 1.88 bits per heavy atom. The number of hydrogen-bond donors (Lipinski definition) is 1. The maximum Gasteiger partial charge on any atom is 0.132 e. The Hall–Kier alpha value is -1.63. The largest absolute Gasteiger partial charge is 0.485 e. The van der Waals surface area contributed by atoms with Crippen LogP contribution < -0.4 is 10.1 Å². The first-order valence-corrected chi connectivity index (χ1v) is 13.4. The van der Waals surface area contributed by atoms with Crippen LogP contribution in [0.2, 0.25) is 0 Å². The van der Waals surface area contributed by atoms with Gasteiger partial charge >= 0.3 is 0 Å². The van der Waals surface area contributed by atoms with Crippen molar-refractivity contribution >= 4 is 21.6 Å². The molecular weight excluding hydrogens is 497 g/mol. The molecule has 2 atom stereocenters. The number of fused-ring (bicyclic) bond motifs is 1. The van der Waals surface area contributed by atoms with Gasteiger partial charge in [0.1, 0.15) is 29.4 Å². The van der Waals surface area contributed by atoms with E-state index < -0.39 is 5.60 Å². The molecule has 2 unspecified atom stereocenters. The standard InChI is InChI=1S/C28H37BrFNO3/c1-4-31-22-12-13-25-23(17-22)26(32-15-14-19-8-6-5-7-9-19)27(28(2,3)34-25)33-18-20-10-11-21(29)16-24(20)30/h10-13,16-17,19,26-27,31H,4-9,14-15,18H2,1-3H3. The molecule has 2 aromatic carbocycles. The normalized spacial score (nSPS) is 22.1. The van der Waals surface area contributed by atoms with E-state index in [2.05, 4.69) is 34.2 Å². The van der Waals surface area contributed by atoms with Gasteiger partial charge in [-0.1, -0.05) is 54.1 Å². The Kier molecular flexibility index (Phi) is 8.54. The average Bonchev–Trinajstić information content (AvgIpc) is 2.80. The summed E-state index contributed by atoms with van der Waals surface area (Å²) in [6, 6.07) is 11.2. The zero-order chi connectivity index (χ0) is 24.1. The minimum atomic E-state index is -0.631. The topological polar surface area (TPSA) is 39.7 Å². The monoisotopic (exact) mass is 533 g/mol. The number of ether oxygens (including phenoxy) is 3. The van der Waals surface area contributed by atoms with Gasteiger partial charge in [0.2, 0.25) is 0 Å². The van der Waals surface area contributed by atoms with Crippen LogP contribution in [0.15, 0.2) is 40.9 Å². The summed E-state index contributed by atoms with van der Waals surface area (Å²) in [5, 5.41) is 3.39. The SMILES string of the molecule is CCNc1ccc2c(c1)C(OCCC1CCCCC1)C(OCc1ccc(Br)cc1F)C(C)(C)O2. The van der Waals surface area contributed by atoms with Crippen molar-refractivity contribution in [2.75, 3.05) is 18.5 Å². The average molecular weight is 535 g/mol. The Bertz CT molecular complexity index is 961. The molecule has 0 bridgehead atoms. The number of anilines is 1. The van der Waals surface area contributed by atoms with Crippen LogP contribution >= 0.6 is 15.9 Å². The van der Waals surface area contributed by atoms with Gasteiger partial charge in [-0.15, -0.1) is 0 Å². The summed E-state index contributed by atoms with van der Waals surface area (Å²) in [5.74, 6) is 1.28. The molecular formula is C28H37BrFNO3. The zero-order valence-electron chi connectivity index (χ0n) is 20.5. The van der Waals surface area contributed by atoms with Gasteiger partial charge < -0.3 is 19.5 Å². The highest BCUT2D eigenvalue weighted by Crippen LogP contribution is 2.45.